The molecule has 3 aromatic carbocycles. The van der Waals surface area contributed by atoms with E-state index in [0.29, 0.717) is 0 Å². The molecule has 0 aliphatic carbocycles. The van der Waals surface area contributed by atoms with E-state index < -0.39 is 0 Å². The Morgan fingerprint density at radius 1 is 0.650 bits per heavy atom. The van der Waals surface area contributed by atoms with Crippen LogP contribution in [0.3, 0.4) is 0 Å². The number of hydrogen-bond acceptors (Lipinski definition) is 0. The summed E-state index contributed by atoms with van der Waals surface area (Å²) in [5.74, 6) is 0. The van der Waals surface area contributed by atoms with Crippen molar-refractivity contribution in [1.82, 2.24) is 0 Å². The second kappa shape index (κ2) is 4.79. The van der Waals surface area contributed by atoms with Gasteiger partial charge in [-0.25, -0.2) is 0 Å². The van der Waals surface area contributed by atoms with E-state index in [1.807, 2.05) is 0 Å². The summed E-state index contributed by atoms with van der Waals surface area (Å²) in [7, 11) is 0. The lowest BCUT2D eigenvalue weighted by molar-refractivity contribution is 1.24. The molecule has 0 saturated carbocycles. The summed E-state index contributed by atoms with van der Waals surface area (Å²) < 4.78 is 0. The largest absolute Gasteiger partial charge is 0.0616 e. The van der Waals surface area contributed by atoms with Crippen LogP contribution in [-0.4, -0.2) is 0 Å². The third-order valence-electron chi connectivity index (χ3n) is 4.42. The van der Waals surface area contributed by atoms with E-state index in [1.54, 1.807) is 0 Å². The minimum absolute atomic E-state index is 1.31. The molecular weight excluding hydrogens is 240 g/mol. The van der Waals surface area contributed by atoms with E-state index in [-0.39, 0.29) is 0 Å². The molecule has 0 aliphatic heterocycles. The van der Waals surface area contributed by atoms with Gasteiger partial charge in [-0.05, 0) is 71.8 Å². The maximum absolute atomic E-state index is 2.30. The molecule has 0 fully saturated rings. The van der Waals surface area contributed by atoms with Gasteiger partial charge in [0.05, 0.1) is 0 Å². The predicted molar refractivity (Wildman–Crippen MR) is 88.3 cm³/mol. The van der Waals surface area contributed by atoms with Gasteiger partial charge in [-0.1, -0.05) is 48.5 Å². The van der Waals surface area contributed by atoms with Gasteiger partial charge < -0.3 is 0 Å². The van der Waals surface area contributed by atoms with Crippen LogP contribution in [0, 0.1) is 27.7 Å². The quantitative estimate of drug-likeness (QED) is 0.523. The van der Waals surface area contributed by atoms with Gasteiger partial charge in [-0.2, -0.15) is 0 Å². The molecule has 0 atom stereocenters. The fraction of sp³-hybridized carbons (Fsp3) is 0.200. The second-order valence-electron chi connectivity index (χ2n) is 5.66. The highest BCUT2D eigenvalue weighted by atomic mass is 14.2. The van der Waals surface area contributed by atoms with Crippen LogP contribution < -0.4 is 0 Å². The summed E-state index contributed by atoms with van der Waals surface area (Å²) >= 11 is 0. The van der Waals surface area contributed by atoms with Gasteiger partial charge in [0.25, 0.3) is 0 Å². The van der Waals surface area contributed by atoms with Gasteiger partial charge >= 0.3 is 0 Å². The van der Waals surface area contributed by atoms with Gasteiger partial charge in [0.2, 0.25) is 0 Å². The zero-order valence-corrected chi connectivity index (χ0v) is 12.6. The number of rotatable bonds is 1. The Bertz CT molecular complexity index is 789. The Morgan fingerprint density at radius 3 is 2.15 bits per heavy atom. The zero-order valence-electron chi connectivity index (χ0n) is 12.6. The Balaban J connectivity index is 2.40. The predicted octanol–water partition coefficient (Wildman–Crippen LogP) is 5.74. The van der Waals surface area contributed by atoms with Gasteiger partial charge in [-0.15, -0.1) is 0 Å². The lowest BCUT2D eigenvalue weighted by atomic mass is 9.88. The van der Waals surface area contributed by atoms with Crippen LogP contribution in [0.2, 0.25) is 0 Å². The number of fused-ring (bicyclic) bond motifs is 1. The van der Waals surface area contributed by atoms with E-state index in [4.69, 9.17) is 0 Å². The molecule has 20 heavy (non-hydrogen) atoms. The summed E-state index contributed by atoms with van der Waals surface area (Å²) in [6.45, 7) is 8.88. The van der Waals surface area contributed by atoms with Crippen LogP contribution in [0.5, 0.6) is 0 Å². The van der Waals surface area contributed by atoms with Crippen molar-refractivity contribution in [1.29, 1.82) is 0 Å². The van der Waals surface area contributed by atoms with Crippen molar-refractivity contribution < 1.29 is 0 Å². The lowest BCUT2D eigenvalue weighted by Crippen LogP contribution is -1.95. The van der Waals surface area contributed by atoms with Crippen molar-refractivity contribution in [2.45, 2.75) is 27.7 Å². The highest BCUT2D eigenvalue weighted by Gasteiger charge is 2.12. The molecule has 0 unspecified atom stereocenters. The summed E-state index contributed by atoms with van der Waals surface area (Å²) in [5.41, 5.74) is 8.29. The minimum atomic E-state index is 1.31. The number of hydrogen-bond donors (Lipinski definition) is 0. The molecular formula is C20H20. The average molecular weight is 260 g/mol. The zero-order chi connectivity index (χ0) is 14.3. The molecule has 100 valence electrons. The second-order valence-corrected chi connectivity index (χ2v) is 5.66. The summed E-state index contributed by atoms with van der Waals surface area (Å²) in [6.07, 6.45) is 0. The lowest BCUT2D eigenvalue weighted by Gasteiger charge is -2.17. The highest BCUT2D eigenvalue weighted by molar-refractivity contribution is 5.98. The minimum Gasteiger partial charge on any atom is -0.0616 e. The summed E-state index contributed by atoms with van der Waals surface area (Å²) in [4.78, 5) is 0. The van der Waals surface area contributed by atoms with Crippen molar-refractivity contribution in [2.75, 3.05) is 0 Å². The molecule has 0 saturated heterocycles. The molecule has 0 radical (unpaired) electrons. The maximum Gasteiger partial charge on any atom is -0.01000 e. The van der Waals surface area contributed by atoms with Crippen molar-refractivity contribution in [3.05, 3.63) is 70.8 Å². The van der Waals surface area contributed by atoms with Crippen LogP contribution in [0.4, 0.5) is 0 Å². The molecule has 0 nitrogen and oxygen atoms in total. The van der Waals surface area contributed by atoms with E-state index >= 15 is 0 Å². The smallest absolute Gasteiger partial charge is 0.01000 e. The topological polar surface area (TPSA) is 0 Å². The number of benzene rings is 3. The van der Waals surface area contributed by atoms with Crippen molar-refractivity contribution in [3.8, 4) is 11.1 Å². The number of aryl methyl sites for hydroxylation is 2. The molecule has 0 bridgehead atoms. The Hall–Kier alpha value is -2.08. The molecule has 0 amide bonds. The van der Waals surface area contributed by atoms with E-state index in [0.717, 1.165) is 0 Å². The molecule has 0 N–H and O–H groups in total. The van der Waals surface area contributed by atoms with Crippen molar-refractivity contribution >= 4 is 10.8 Å². The highest BCUT2D eigenvalue weighted by Crippen LogP contribution is 2.35. The Labute approximate surface area is 121 Å². The van der Waals surface area contributed by atoms with Gasteiger partial charge in [0.1, 0.15) is 0 Å². The first-order valence-electron chi connectivity index (χ1n) is 7.15. The summed E-state index contributed by atoms with van der Waals surface area (Å²) in [6, 6.07) is 17.5. The van der Waals surface area contributed by atoms with Crippen molar-refractivity contribution in [3.63, 3.8) is 0 Å². The maximum atomic E-state index is 2.30. The average Bonchev–Trinajstić information content (AvgIpc) is 2.45. The van der Waals surface area contributed by atoms with E-state index in [9.17, 15) is 0 Å². The van der Waals surface area contributed by atoms with E-state index in [2.05, 4.69) is 76.2 Å². The fourth-order valence-electron chi connectivity index (χ4n) is 3.14. The standard InChI is InChI=1S/C20H20/c1-13-12-14(2)20(16(4)15(13)3)19-11-7-9-17-8-5-6-10-18(17)19/h5-12H,1-4H3. The molecule has 0 spiro atoms. The summed E-state index contributed by atoms with van der Waals surface area (Å²) in [5, 5.41) is 2.64. The molecule has 0 heterocycles. The molecule has 0 aliphatic rings. The fourth-order valence-corrected chi connectivity index (χ4v) is 3.14. The molecule has 3 rings (SSSR count). The van der Waals surface area contributed by atoms with Gasteiger partial charge in [-0.3, -0.25) is 0 Å². The molecule has 3 aromatic rings. The first-order valence-corrected chi connectivity index (χ1v) is 7.15. The van der Waals surface area contributed by atoms with Crippen LogP contribution >= 0.6 is 0 Å². The normalized spacial score (nSPS) is 11.0. The molecule has 0 heteroatoms. The Kier molecular flexibility index (Phi) is 3.10. The SMILES string of the molecule is Cc1cc(C)c(-c2cccc3ccccc23)c(C)c1C. The van der Waals surface area contributed by atoms with Gasteiger partial charge in [0, 0.05) is 0 Å². The Morgan fingerprint density at radius 2 is 1.35 bits per heavy atom. The van der Waals surface area contributed by atoms with Crippen LogP contribution in [-0.2, 0) is 0 Å². The van der Waals surface area contributed by atoms with Crippen LogP contribution in [0.15, 0.2) is 48.5 Å². The van der Waals surface area contributed by atoms with Gasteiger partial charge in [0.15, 0.2) is 0 Å². The van der Waals surface area contributed by atoms with Crippen LogP contribution in [0.1, 0.15) is 22.3 Å². The van der Waals surface area contributed by atoms with E-state index in [1.165, 1.54) is 44.2 Å². The van der Waals surface area contributed by atoms with Crippen molar-refractivity contribution in [2.24, 2.45) is 0 Å². The third kappa shape index (κ3) is 1.92. The molecule has 0 aromatic heterocycles. The van der Waals surface area contributed by atoms with Crippen LogP contribution in [0.25, 0.3) is 21.9 Å². The third-order valence-corrected chi connectivity index (χ3v) is 4.42. The first kappa shape index (κ1) is 12.9. The first-order chi connectivity index (χ1) is 9.59. The monoisotopic (exact) mass is 260 g/mol.